The molecule has 222 valence electrons. The Morgan fingerprint density at radius 3 is 2.59 bits per heavy atom. The molecule has 1 aromatic carbocycles. The summed E-state index contributed by atoms with van der Waals surface area (Å²) in [7, 11) is 0. The number of thioether (sulfide) groups is 1. The third kappa shape index (κ3) is 8.20. The zero-order valence-electron chi connectivity index (χ0n) is 23.2. The zero-order valence-corrected chi connectivity index (χ0v) is 24.0. The van der Waals surface area contributed by atoms with Crippen LogP contribution in [0.25, 0.3) is 10.9 Å². The minimum atomic E-state index is -4.37. The molecule has 0 aliphatic carbocycles. The predicted octanol–water partition coefficient (Wildman–Crippen LogP) is 5.27. The summed E-state index contributed by atoms with van der Waals surface area (Å²) in [5.41, 5.74) is 0.661. The number of benzene rings is 1. The fraction of sp³-hybridized carbons (Fsp3) is 0.586. The number of carbonyl (C=O) groups excluding carboxylic acids is 1. The van der Waals surface area contributed by atoms with Gasteiger partial charge >= 0.3 is 6.18 Å². The van der Waals surface area contributed by atoms with Gasteiger partial charge in [-0.1, -0.05) is 24.1 Å². The van der Waals surface area contributed by atoms with Crippen LogP contribution in [-0.4, -0.2) is 80.8 Å². The first-order valence-electron chi connectivity index (χ1n) is 14.4. The average molecular weight is 591 g/mol. The van der Waals surface area contributed by atoms with Gasteiger partial charge in [0.1, 0.15) is 0 Å². The monoisotopic (exact) mass is 590 g/mol. The third-order valence-electron chi connectivity index (χ3n) is 7.80. The number of fused-ring (bicyclic) bond motifs is 1. The van der Waals surface area contributed by atoms with Crippen molar-refractivity contribution in [1.82, 2.24) is 29.8 Å². The lowest BCUT2D eigenvalue weighted by Crippen LogP contribution is -2.50. The van der Waals surface area contributed by atoms with E-state index in [0.29, 0.717) is 18.7 Å². The van der Waals surface area contributed by atoms with Gasteiger partial charge in [0, 0.05) is 81.1 Å². The van der Waals surface area contributed by atoms with E-state index in [1.165, 1.54) is 6.07 Å². The van der Waals surface area contributed by atoms with Crippen LogP contribution >= 0.6 is 11.8 Å². The molecule has 2 aliphatic heterocycles. The summed E-state index contributed by atoms with van der Waals surface area (Å²) >= 11 is 1.67. The summed E-state index contributed by atoms with van der Waals surface area (Å²) in [4.78, 5) is 22.2. The lowest BCUT2D eigenvalue weighted by molar-refractivity contribution is -0.140. The number of rotatable bonds is 11. The van der Waals surface area contributed by atoms with Gasteiger partial charge in [-0.05, 0) is 49.6 Å². The number of alkyl halides is 3. The molecule has 0 unspecified atom stereocenters. The van der Waals surface area contributed by atoms with Crippen LogP contribution in [0.2, 0.25) is 0 Å². The number of amides is 1. The van der Waals surface area contributed by atoms with E-state index < -0.39 is 11.7 Å². The van der Waals surface area contributed by atoms with E-state index in [-0.39, 0.29) is 11.8 Å². The van der Waals surface area contributed by atoms with Gasteiger partial charge < -0.3 is 9.64 Å². The first kappa shape index (κ1) is 29.8. The summed E-state index contributed by atoms with van der Waals surface area (Å²) in [5.74, 6) is 1.31. The Morgan fingerprint density at radius 1 is 1.02 bits per heavy atom. The lowest BCUT2D eigenvalue weighted by Gasteiger charge is -2.36. The van der Waals surface area contributed by atoms with Crippen LogP contribution < -0.4 is 0 Å². The number of piperazine rings is 1. The van der Waals surface area contributed by atoms with Crippen molar-refractivity contribution in [3.63, 3.8) is 0 Å². The Hall–Kier alpha value is -2.70. The molecule has 4 heterocycles. The highest BCUT2D eigenvalue weighted by Crippen LogP contribution is 2.34. The van der Waals surface area contributed by atoms with Crippen LogP contribution in [0.5, 0.6) is 0 Å². The summed E-state index contributed by atoms with van der Waals surface area (Å²) < 4.78 is 46.3. The Morgan fingerprint density at radius 2 is 1.80 bits per heavy atom. The molecule has 12 heteroatoms. The lowest BCUT2D eigenvalue weighted by atomic mass is 9.98. The van der Waals surface area contributed by atoms with Gasteiger partial charge in [0.25, 0.3) is 0 Å². The van der Waals surface area contributed by atoms with Crippen LogP contribution in [0.15, 0.2) is 41.6 Å². The molecule has 0 radical (unpaired) electrons. The Balaban J connectivity index is 0.964. The summed E-state index contributed by atoms with van der Waals surface area (Å²) in [6, 6.07) is 5.64. The first-order chi connectivity index (χ1) is 19.9. The molecule has 2 aromatic heterocycles. The molecule has 3 aromatic rings. The summed E-state index contributed by atoms with van der Waals surface area (Å²) in [5, 5.41) is 9.40. The standard InChI is InChI=1S/C29H37F3N6O2S/c30-29(31,32)23-5-6-25-26(19-23)33-10-7-27(25)41-18-4-2-1-3-11-38-21-24(34-35-38)20-36-12-14-37(15-13-36)28(39)22-8-16-40-17-9-22/h5-7,10,19,21-22H,1-4,8-9,11-18,20H2. The van der Waals surface area contributed by atoms with Crippen LogP contribution in [0.1, 0.15) is 49.8 Å². The smallest absolute Gasteiger partial charge is 0.381 e. The van der Waals surface area contributed by atoms with E-state index in [0.717, 1.165) is 112 Å². The fourth-order valence-corrected chi connectivity index (χ4v) is 6.47. The molecule has 8 nitrogen and oxygen atoms in total. The van der Waals surface area contributed by atoms with Crippen LogP contribution in [-0.2, 0) is 28.8 Å². The number of halogens is 3. The number of hydrogen-bond donors (Lipinski definition) is 0. The topological polar surface area (TPSA) is 76.4 Å². The second-order valence-electron chi connectivity index (χ2n) is 10.8. The van der Waals surface area contributed by atoms with Gasteiger partial charge in [-0.15, -0.1) is 16.9 Å². The molecule has 0 spiro atoms. The van der Waals surface area contributed by atoms with Gasteiger partial charge in [0.05, 0.1) is 16.8 Å². The van der Waals surface area contributed by atoms with E-state index in [1.807, 2.05) is 21.8 Å². The van der Waals surface area contributed by atoms with Gasteiger partial charge in [-0.25, -0.2) is 0 Å². The molecule has 41 heavy (non-hydrogen) atoms. The molecule has 5 rings (SSSR count). The average Bonchev–Trinajstić information content (AvgIpc) is 3.43. The Bertz CT molecular complexity index is 1290. The molecule has 2 saturated heterocycles. The number of ether oxygens (including phenoxy) is 1. The van der Waals surface area contributed by atoms with Gasteiger partial charge in [0.15, 0.2) is 0 Å². The number of aromatic nitrogens is 4. The fourth-order valence-electron chi connectivity index (χ4n) is 5.41. The van der Waals surface area contributed by atoms with Crippen molar-refractivity contribution >= 4 is 28.6 Å². The number of carbonyl (C=O) groups is 1. The van der Waals surface area contributed by atoms with Crippen LogP contribution in [0.3, 0.4) is 0 Å². The van der Waals surface area contributed by atoms with E-state index in [2.05, 4.69) is 20.2 Å². The molecule has 0 bridgehead atoms. The maximum atomic E-state index is 13.0. The predicted molar refractivity (Wildman–Crippen MR) is 151 cm³/mol. The van der Waals surface area contributed by atoms with Gasteiger partial charge in [-0.2, -0.15) is 13.2 Å². The molecule has 1 amide bonds. The molecule has 2 aliphatic rings. The normalized spacial score (nSPS) is 17.4. The number of aryl methyl sites for hydroxylation is 1. The van der Waals surface area contributed by atoms with Crippen molar-refractivity contribution in [2.45, 2.75) is 62.7 Å². The van der Waals surface area contributed by atoms with Gasteiger partial charge in [-0.3, -0.25) is 19.4 Å². The molecular weight excluding hydrogens is 553 g/mol. The van der Waals surface area contributed by atoms with Crippen molar-refractivity contribution in [1.29, 1.82) is 0 Å². The number of unbranched alkanes of at least 4 members (excludes halogenated alkanes) is 3. The van der Waals surface area contributed by atoms with E-state index in [1.54, 1.807) is 18.0 Å². The minimum Gasteiger partial charge on any atom is -0.381 e. The van der Waals surface area contributed by atoms with Crippen LogP contribution in [0.4, 0.5) is 13.2 Å². The highest BCUT2D eigenvalue weighted by Gasteiger charge is 2.31. The van der Waals surface area contributed by atoms with Crippen molar-refractivity contribution in [3.8, 4) is 0 Å². The van der Waals surface area contributed by atoms with Crippen molar-refractivity contribution in [2.24, 2.45) is 5.92 Å². The third-order valence-corrected chi connectivity index (χ3v) is 8.96. The molecule has 0 N–H and O–H groups in total. The number of pyridine rings is 1. The van der Waals surface area contributed by atoms with Crippen LogP contribution in [0, 0.1) is 5.92 Å². The summed E-state index contributed by atoms with van der Waals surface area (Å²) in [6.07, 6.45) is 5.09. The second kappa shape index (κ2) is 14.0. The highest BCUT2D eigenvalue weighted by molar-refractivity contribution is 7.99. The quantitative estimate of drug-likeness (QED) is 0.223. The highest BCUT2D eigenvalue weighted by atomic mass is 32.2. The first-order valence-corrected chi connectivity index (χ1v) is 15.4. The van der Waals surface area contributed by atoms with E-state index in [9.17, 15) is 18.0 Å². The van der Waals surface area contributed by atoms with Crippen molar-refractivity contribution in [2.75, 3.05) is 45.1 Å². The number of hydrogen-bond acceptors (Lipinski definition) is 7. The van der Waals surface area contributed by atoms with E-state index >= 15 is 0 Å². The maximum absolute atomic E-state index is 13.0. The summed E-state index contributed by atoms with van der Waals surface area (Å²) in [6.45, 7) is 6.18. The largest absolute Gasteiger partial charge is 0.416 e. The molecular formula is C29H37F3N6O2S. The van der Waals surface area contributed by atoms with Crippen molar-refractivity contribution in [3.05, 3.63) is 47.9 Å². The SMILES string of the molecule is O=C(C1CCOCC1)N1CCN(Cc2cn(CCCCCCSc3ccnc4cc(C(F)(F)F)ccc34)nn2)CC1. The number of nitrogens with zero attached hydrogens (tertiary/aromatic N) is 6. The molecule has 2 fully saturated rings. The second-order valence-corrected chi connectivity index (χ2v) is 11.9. The Kier molecular flexibility index (Phi) is 10.2. The maximum Gasteiger partial charge on any atom is 0.416 e. The van der Waals surface area contributed by atoms with E-state index in [4.69, 9.17) is 4.74 Å². The minimum absolute atomic E-state index is 0.120. The van der Waals surface area contributed by atoms with Gasteiger partial charge in [0.2, 0.25) is 5.91 Å². The molecule has 0 atom stereocenters. The zero-order chi connectivity index (χ0) is 28.7. The molecule has 0 saturated carbocycles. The van der Waals surface area contributed by atoms with Crippen molar-refractivity contribution < 1.29 is 22.7 Å². The Labute approximate surface area is 242 Å².